The van der Waals surface area contributed by atoms with Crippen LogP contribution in [0, 0.1) is 6.92 Å². The number of rotatable bonds is 6. The van der Waals surface area contributed by atoms with E-state index in [1.807, 2.05) is 0 Å². The third-order valence-electron chi connectivity index (χ3n) is 4.32. The van der Waals surface area contributed by atoms with Gasteiger partial charge in [0.15, 0.2) is 0 Å². The summed E-state index contributed by atoms with van der Waals surface area (Å²) in [6, 6.07) is 9.37. The molecule has 0 bridgehead atoms. The van der Waals surface area contributed by atoms with E-state index < -0.39 is 10.8 Å². The molecule has 1 N–H and O–H groups in total. The molecule has 3 heteroatoms. The van der Waals surface area contributed by atoms with Gasteiger partial charge in [0.1, 0.15) is 0 Å². The normalized spacial score (nSPS) is 25.6. The largest absolute Gasteiger partial charge is 0.314 e. The molecule has 0 radical (unpaired) electrons. The van der Waals surface area contributed by atoms with Crippen LogP contribution in [0.25, 0.3) is 0 Å². The summed E-state index contributed by atoms with van der Waals surface area (Å²) in [6.45, 7) is 5.26. The molecule has 0 aromatic heterocycles. The van der Waals surface area contributed by atoms with Crippen LogP contribution < -0.4 is 5.32 Å². The molecule has 0 saturated heterocycles. The summed E-state index contributed by atoms with van der Waals surface area (Å²) in [4.78, 5) is 0. The third kappa shape index (κ3) is 3.90. The maximum atomic E-state index is 11.3. The number of hydrogen-bond acceptors (Lipinski definition) is 2. The minimum atomic E-state index is -0.689. The first kappa shape index (κ1) is 14.7. The second kappa shape index (κ2) is 6.67. The van der Waals surface area contributed by atoms with E-state index in [9.17, 15) is 4.21 Å². The van der Waals surface area contributed by atoms with E-state index in [1.165, 1.54) is 24.0 Å². The van der Waals surface area contributed by atoms with Gasteiger partial charge in [-0.15, -0.1) is 0 Å². The molecule has 0 amide bonds. The smallest absolute Gasteiger partial charge is 0.0329 e. The predicted molar refractivity (Wildman–Crippen MR) is 83.1 cm³/mol. The van der Waals surface area contributed by atoms with Gasteiger partial charge < -0.3 is 5.32 Å². The number of aryl methyl sites for hydroxylation is 1. The zero-order valence-corrected chi connectivity index (χ0v) is 13.0. The minimum Gasteiger partial charge on any atom is -0.314 e. The molecule has 1 saturated carbocycles. The maximum absolute atomic E-state index is 11.3. The zero-order valence-electron chi connectivity index (χ0n) is 12.2. The molecule has 2 atom stereocenters. The van der Waals surface area contributed by atoms with Crippen LogP contribution in [0.3, 0.4) is 0 Å². The Hall–Kier alpha value is -0.670. The van der Waals surface area contributed by atoms with E-state index in [4.69, 9.17) is 0 Å². The molecule has 19 heavy (non-hydrogen) atoms. The lowest BCUT2D eigenvalue weighted by molar-refractivity contribution is 0.290. The topological polar surface area (TPSA) is 29.1 Å². The quantitative estimate of drug-likeness (QED) is 0.867. The van der Waals surface area contributed by atoms with Gasteiger partial charge in [-0.1, -0.05) is 31.2 Å². The lowest BCUT2D eigenvalue weighted by Crippen LogP contribution is -2.41. The van der Waals surface area contributed by atoms with Crippen molar-refractivity contribution in [2.45, 2.75) is 50.3 Å². The Balaban J connectivity index is 1.70. The molecular weight excluding hydrogens is 254 g/mol. The third-order valence-corrected chi connectivity index (χ3v) is 5.69. The van der Waals surface area contributed by atoms with E-state index >= 15 is 0 Å². The average Bonchev–Trinajstić information content (AvgIpc) is 2.33. The molecule has 1 aliphatic rings. The van der Waals surface area contributed by atoms with Crippen molar-refractivity contribution in [1.29, 1.82) is 0 Å². The SMILES string of the molecule is Cc1ccccc1C1CC(NCCC(C)S(C)=O)C1. The first-order chi connectivity index (χ1) is 9.08. The first-order valence-corrected chi connectivity index (χ1v) is 8.81. The summed E-state index contributed by atoms with van der Waals surface area (Å²) in [5, 5.41) is 3.89. The highest BCUT2D eigenvalue weighted by atomic mass is 32.2. The zero-order chi connectivity index (χ0) is 13.8. The van der Waals surface area contributed by atoms with E-state index in [2.05, 4.69) is 43.4 Å². The van der Waals surface area contributed by atoms with Crippen LogP contribution in [0.15, 0.2) is 24.3 Å². The van der Waals surface area contributed by atoms with Crippen molar-refractivity contribution in [1.82, 2.24) is 5.32 Å². The van der Waals surface area contributed by atoms with Gasteiger partial charge >= 0.3 is 0 Å². The molecule has 1 fully saturated rings. The predicted octanol–water partition coefficient (Wildman–Crippen LogP) is 2.99. The Morgan fingerprint density at radius 2 is 2.05 bits per heavy atom. The average molecular weight is 279 g/mol. The van der Waals surface area contributed by atoms with E-state index in [-0.39, 0.29) is 0 Å². The minimum absolute atomic E-state index is 0.305. The van der Waals surface area contributed by atoms with Crippen LogP contribution in [0.2, 0.25) is 0 Å². The van der Waals surface area contributed by atoms with Crippen LogP contribution in [0.4, 0.5) is 0 Å². The van der Waals surface area contributed by atoms with Crippen LogP contribution >= 0.6 is 0 Å². The van der Waals surface area contributed by atoms with Gasteiger partial charge in [0, 0.05) is 28.3 Å². The fourth-order valence-corrected chi connectivity index (χ4v) is 3.19. The highest BCUT2D eigenvalue weighted by Crippen LogP contribution is 2.38. The van der Waals surface area contributed by atoms with Crippen molar-refractivity contribution < 1.29 is 4.21 Å². The second-order valence-electron chi connectivity index (χ2n) is 5.77. The number of hydrogen-bond donors (Lipinski definition) is 1. The van der Waals surface area contributed by atoms with Gasteiger partial charge in [0.05, 0.1) is 0 Å². The van der Waals surface area contributed by atoms with E-state index in [0.717, 1.165) is 18.9 Å². The van der Waals surface area contributed by atoms with Crippen molar-refractivity contribution in [3.8, 4) is 0 Å². The summed E-state index contributed by atoms with van der Waals surface area (Å²) >= 11 is 0. The van der Waals surface area contributed by atoms with E-state index in [1.54, 1.807) is 6.26 Å². The highest BCUT2D eigenvalue weighted by molar-refractivity contribution is 7.84. The molecule has 1 aromatic rings. The Kier molecular flexibility index (Phi) is 5.17. The van der Waals surface area contributed by atoms with Crippen molar-refractivity contribution >= 4 is 10.8 Å². The number of benzene rings is 1. The highest BCUT2D eigenvalue weighted by Gasteiger charge is 2.30. The molecule has 106 valence electrons. The van der Waals surface area contributed by atoms with Crippen molar-refractivity contribution in [2.75, 3.05) is 12.8 Å². The van der Waals surface area contributed by atoms with Crippen molar-refractivity contribution in [3.05, 3.63) is 35.4 Å². The van der Waals surface area contributed by atoms with Crippen molar-refractivity contribution in [2.24, 2.45) is 0 Å². The van der Waals surface area contributed by atoms with Crippen LogP contribution in [0.1, 0.15) is 43.2 Å². The molecule has 1 aliphatic carbocycles. The second-order valence-corrected chi connectivity index (χ2v) is 7.58. The fraction of sp³-hybridized carbons (Fsp3) is 0.625. The molecule has 0 aliphatic heterocycles. The van der Waals surface area contributed by atoms with Gasteiger partial charge in [0.25, 0.3) is 0 Å². The van der Waals surface area contributed by atoms with Gasteiger partial charge in [-0.25, -0.2) is 0 Å². The molecule has 2 unspecified atom stereocenters. The monoisotopic (exact) mass is 279 g/mol. The molecule has 1 aromatic carbocycles. The Bertz CT molecular complexity index is 440. The Labute approximate surface area is 119 Å². The van der Waals surface area contributed by atoms with Crippen molar-refractivity contribution in [3.63, 3.8) is 0 Å². The van der Waals surface area contributed by atoms with Gasteiger partial charge in [0.2, 0.25) is 0 Å². The lowest BCUT2D eigenvalue weighted by Gasteiger charge is -2.37. The summed E-state index contributed by atoms with van der Waals surface area (Å²) in [5.74, 6) is 0.733. The van der Waals surface area contributed by atoms with Gasteiger partial charge in [-0.3, -0.25) is 4.21 Å². The standard InChI is InChI=1S/C16H25NOS/c1-12-6-4-5-7-16(12)14-10-15(11-14)17-9-8-13(2)19(3)18/h4-7,13-15,17H,8-11H2,1-3H3. The summed E-state index contributed by atoms with van der Waals surface area (Å²) in [7, 11) is -0.689. The molecule has 0 heterocycles. The van der Waals surface area contributed by atoms with E-state index in [0.29, 0.717) is 11.3 Å². The van der Waals surface area contributed by atoms with Gasteiger partial charge in [-0.05, 0) is 49.8 Å². The maximum Gasteiger partial charge on any atom is 0.0329 e. The van der Waals surface area contributed by atoms with Crippen LogP contribution in [-0.4, -0.2) is 28.3 Å². The summed E-state index contributed by atoms with van der Waals surface area (Å²) in [5.41, 5.74) is 2.93. The molecule has 0 spiro atoms. The van der Waals surface area contributed by atoms with Crippen LogP contribution in [0.5, 0.6) is 0 Å². The Morgan fingerprint density at radius 1 is 1.37 bits per heavy atom. The van der Waals surface area contributed by atoms with Crippen LogP contribution in [-0.2, 0) is 10.8 Å². The molecule has 2 nitrogen and oxygen atoms in total. The summed E-state index contributed by atoms with van der Waals surface area (Å²) in [6.07, 6.45) is 5.29. The lowest BCUT2D eigenvalue weighted by atomic mass is 9.74. The summed E-state index contributed by atoms with van der Waals surface area (Å²) < 4.78 is 11.3. The Morgan fingerprint density at radius 3 is 2.68 bits per heavy atom. The number of nitrogens with one attached hydrogen (secondary N) is 1. The fourth-order valence-electron chi connectivity index (χ4n) is 2.74. The molecule has 2 rings (SSSR count). The first-order valence-electron chi connectivity index (χ1n) is 7.19. The molecular formula is C16H25NOS. The van der Waals surface area contributed by atoms with Gasteiger partial charge in [-0.2, -0.15) is 0 Å².